The molecule has 0 heterocycles. The topological polar surface area (TPSA) is 0 Å². The SMILES string of the molecule is C=C(C)CC(=C)C[C@H]1CCC[C@@H](C)C1. The lowest BCUT2D eigenvalue weighted by atomic mass is 9.79. The van der Waals surface area contributed by atoms with E-state index >= 15 is 0 Å². The van der Waals surface area contributed by atoms with Crippen LogP contribution >= 0.6 is 0 Å². The van der Waals surface area contributed by atoms with Crippen LogP contribution in [0, 0.1) is 11.8 Å². The monoisotopic (exact) mass is 192 g/mol. The Kier molecular flexibility index (Phi) is 4.44. The van der Waals surface area contributed by atoms with Crippen LogP contribution in [0.2, 0.25) is 0 Å². The van der Waals surface area contributed by atoms with Crippen molar-refractivity contribution in [3.63, 3.8) is 0 Å². The molecule has 80 valence electrons. The quantitative estimate of drug-likeness (QED) is 0.565. The van der Waals surface area contributed by atoms with E-state index in [0.29, 0.717) is 0 Å². The van der Waals surface area contributed by atoms with Gasteiger partial charge in [-0.15, -0.1) is 0 Å². The minimum atomic E-state index is 0.908. The summed E-state index contributed by atoms with van der Waals surface area (Å²) in [5.41, 5.74) is 2.63. The molecule has 0 nitrogen and oxygen atoms in total. The summed E-state index contributed by atoms with van der Waals surface area (Å²) in [6.45, 7) is 12.6. The summed E-state index contributed by atoms with van der Waals surface area (Å²) in [5, 5.41) is 0. The maximum Gasteiger partial charge on any atom is -0.0117 e. The molecule has 0 aromatic carbocycles. The third kappa shape index (κ3) is 4.13. The summed E-state index contributed by atoms with van der Waals surface area (Å²) in [7, 11) is 0. The van der Waals surface area contributed by atoms with Gasteiger partial charge in [0.1, 0.15) is 0 Å². The molecule has 0 heteroatoms. The van der Waals surface area contributed by atoms with E-state index in [2.05, 4.69) is 27.0 Å². The molecule has 0 aliphatic heterocycles. The molecule has 14 heavy (non-hydrogen) atoms. The second-order valence-corrected chi connectivity index (χ2v) is 5.23. The molecule has 0 N–H and O–H groups in total. The number of rotatable bonds is 4. The fourth-order valence-electron chi connectivity index (χ4n) is 2.65. The van der Waals surface area contributed by atoms with Gasteiger partial charge in [0, 0.05) is 0 Å². The molecule has 0 bridgehead atoms. The van der Waals surface area contributed by atoms with Crippen LogP contribution in [0.5, 0.6) is 0 Å². The van der Waals surface area contributed by atoms with Crippen LogP contribution in [0.25, 0.3) is 0 Å². The maximum atomic E-state index is 4.15. The number of hydrogen-bond donors (Lipinski definition) is 0. The predicted molar refractivity (Wildman–Crippen MR) is 64.3 cm³/mol. The van der Waals surface area contributed by atoms with Crippen molar-refractivity contribution in [3.05, 3.63) is 24.3 Å². The largest absolute Gasteiger partial charge is 0.0998 e. The Hall–Kier alpha value is -0.520. The molecule has 2 atom stereocenters. The Balaban J connectivity index is 2.28. The van der Waals surface area contributed by atoms with Gasteiger partial charge >= 0.3 is 0 Å². The van der Waals surface area contributed by atoms with Crippen molar-refractivity contribution in [3.8, 4) is 0 Å². The number of allylic oxidation sites excluding steroid dienone is 2. The smallest absolute Gasteiger partial charge is 0.0117 e. The highest BCUT2D eigenvalue weighted by Crippen LogP contribution is 2.33. The molecule has 0 saturated heterocycles. The molecule has 1 fully saturated rings. The standard InChI is InChI=1S/C14H24/c1-11(2)8-13(4)10-14-7-5-6-12(3)9-14/h12,14H,1,4-10H2,2-3H3/t12-,14+/m1/s1. The molecule has 0 radical (unpaired) electrons. The first-order chi connectivity index (χ1) is 6.58. The summed E-state index contributed by atoms with van der Waals surface area (Å²) in [6, 6.07) is 0. The summed E-state index contributed by atoms with van der Waals surface area (Å²) < 4.78 is 0. The third-order valence-electron chi connectivity index (χ3n) is 3.17. The van der Waals surface area contributed by atoms with Gasteiger partial charge in [0.05, 0.1) is 0 Å². The van der Waals surface area contributed by atoms with Crippen LogP contribution in [0.1, 0.15) is 52.4 Å². The molecule has 0 spiro atoms. The van der Waals surface area contributed by atoms with Crippen LogP contribution < -0.4 is 0 Å². The van der Waals surface area contributed by atoms with Crippen LogP contribution in [0.4, 0.5) is 0 Å². The van der Waals surface area contributed by atoms with Gasteiger partial charge in [-0.05, 0) is 38.0 Å². The molecule has 0 aromatic heterocycles. The molecule has 1 rings (SSSR count). The van der Waals surface area contributed by atoms with E-state index in [-0.39, 0.29) is 0 Å². The lowest BCUT2D eigenvalue weighted by Crippen LogP contribution is -2.13. The van der Waals surface area contributed by atoms with E-state index in [1.165, 1.54) is 43.3 Å². The third-order valence-corrected chi connectivity index (χ3v) is 3.17. The molecule has 1 saturated carbocycles. The zero-order chi connectivity index (χ0) is 10.6. The Morgan fingerprint density at radius 1 is 1.29 bits per heavy atom. The van der Waals surface area contributed by atoms with Crippen LogP contribution in [-0.2, 0) is 0 Å². The molecular formula is C14H24. The predicted octanol–water partition coefficient (Wildman–Crippen LogP) is 4.73. The lowest BCUT2D eigenvalue weighted by Gasteiger charge is -2.27. The summed E-state index contributed by atoms with van der Waals surface area (Å²) in [6.07, 6.45) is 7.95. The van der Waals surface area contributed by atoms with Crippen molar-refractivity contribution in [2.75, 3.05) is 0 Å². The Bertz CT molecular complexity index is 212. The fraction of sp³-hybridized carbons (Fsp3) is 0.714. The van der Waals surface area contributed by atoms with Crippen molar-refractivity contribution in [1.82, 2.24) is 0 Å². The normalized spacial score (nSPS) is 27.3. The average molecular weight is 192 g/mol. The van der Waals surface area contributed by atoms with Crippen molar-refractivity contribution in [2.24, 2.45) is 11.8 Å². The minimum Gasteiger partial charge on any atom is -0.0998 e. The second-order valence-electron chi connectivity index (χ2n) is 5.23. The van der Waals surface area contributed by atoms with E-state index in [1.807, 2.05) is 0 Å². The molecule has 1 aliphatic carbocycles. The Morgan fingerprint density at radius 3 is 2.57 bits per heavy atom. The fourth-order valence-corrected chi connectivity index (χ4v) is 2.65. The van der Waals surface area contributed by atoms with Gasteiger partial charge in [-0.2, -0.15) is 0 Å². The zero-order valence-corrected chi connectivity index (χ0v) is 9.81. The van der Waals surface area contributed by atoms with Crippen LogP contribution in [0.3, 0.4) is 0 Å². The zero-order valence-electron chi connectivity index (χ0n) is 9.81. The molecule has 0 amide bonds. The van der Waals surface area contributed by atoms with Gasteiger partial charge < -0.3 is 0 Å². The van der Waals surface area contributed by atoms with Gasteiger partial charge in [-0.3, -0.25) is 0 Å². The summed E-state index contributed by atoms with van der Waals surface area (Å²) in [4.78, 5) is 0. The first-order valence-electron chi connectivity index (χ1n) is 5.89. The van der Waals surface area contributed by atoms with Gasteiger partial charge in [0.2, 0.25) is 0 Å². The Morgan fingerprint density at radius 2 is 2.00 bits per heavy atom. The van der Waals surface area contributed by atoms with Crippen LogP contribution in [0.15, 0.2) is 24.3 Å². The van der Waals surface area contributed by atoms with Crippen molar-refractivity contribution < 1.29 is 0 Å². The van der Waals surface area contributed by atoms with Gasteiger partial charge in [-0.25, -0.2) is 0 Å². The lowest BCUT2D eigenvalue weighted by molar-refractivity contribution is 0.280. The molecule has 0 unspecified atom stereocenters. The van der Waals surface area contributed by atoms with Gasteiger partial charge in [0.15, 0.2) is 0 Å². The summed E-state index contributed by atoms with van der Waals surface area (Å²) in [5.74, 6) is 1.84. The average Bonchev–Trinajstić information content (AvgIpc) is 2.01. The van der Waals surface area contributed by atoms with E-state index in [9.17, 15) is 0 Å². The van der Waals surface area contributed by atoms with E-state index in [4.69, 9.17) is 0 Å². The number of hydrogen-bond acceptors (Lipinski definition) is 0. The van der Waals surface area contributed by atoms with Crippen LogP contribution in [-0.4, -0.2) is 0 Å². The molecule has 0 aromatic rings. The highest BCUT2D eigenvalue weighted by atomic mass is 14.2. The first-order valence-corrected chi connectivity index (χ1v) is 5.89. The molecular weight excluding hydrogens is 168 g/mol. The van der Waals surface area contributed by atoms with Gasteiger partial charge in [0.25, 0.3) is 0 Å². The second kappa shape index (κ2) is 5.38. The van der Waals surface area contributed by atoms with Crippen molar-refractivity contribution >= 4 is 0 Å². The summed E-state index contributed by atoms with van der Waals surface area (Å²) >= 11 is 0. The van der Waals surface area contributed by atoms with E-state index < -0.39 is 0 Å². The highest BCUT2D eigenvalue weighted by molar-refractivity contribution is 5.08. The van der Waals surface area contributed by atoms with Gasteiger partial charge in [-0.1, -0.05) is 50.5 Å². The van der Waals surface area contributed by atoms with E-state index in [0.717, 1.165) is 18.3 Å². The van der Waals surface area contributed by atoms with Crippen molar-refractivity contribution in [2.45, 2.75) is 52.4 Å². The minimum absolute atomic E-state index is 0.908. The maximum absolute atomic E-state index is 4.15. The Labute approximate surface area is 89.1 Å². The first kappa shape index (κ1) is 11.6. The molecule has 1 aliphatic rings. The highest BCUT2D eigenvalue weighted by Gasteiger charge is 2.19. The van der Waals surface area contributed by atoms with E-state index in [1.54, 1.807) is 0 Å². The van der Waals surface area contributed by atoms with Crippen molar-refractivity contribution in [1.29, 1.82) is 0 Å².